The zero-order chi connectivity index (χ0) is 22.5. The number of aryl methyl sites for hydroxylation is 1. The van der Waals surface area contributed by atoms with Gasteiger partial charge in [0.1, 0.15) is 5.75 Å². The van der Waals surface area contributed by atoms with Gasteiger partial charge in [0.2, 0.25) is 5.91 Å². The van der Waals surface area contributed by atoms with E-state index < -0.39 is 0 Å². The van der Waals surface area contributed by atoms with Crippen LogP contribution in [0.3, 0.4) is 0 Å². The fraction of sp³-hybridized carbons (Fsp3) is 0.333. The molecule has 0 aliphatic carbocycles. The topological polar surface area (TPSA) is 54.5 Å². The number of anilines is 2. The number of pyridine rings is 1. The van der Waals surface area contributed by atoms with Gasteiger partial charge in [-0.2, -0.15) is 0 Å². The van der Waals surface area contributed by atoms with Crippen molar-refractivity contribution in [2.45, 2.75) is 39.0 Å². The van der Waals surface area contributed by atoms with Crippen molar-refractivity contribution in [2.24, 2.45) is 0 Å². The summed E-state index contributed by atoms with van der Waals surface area (Å²) in [7, 11) is 1.65. The molecule has 4 rings (SSSR count). The average molecular weight is 430 g/mol. The summed E-state index contributed by atoms with van der Waals surface area (Å²) < 4.78 is 5.61. The SMILES string of the molecule is COc1cc(NC(=O)C(C)c2cccc(N3CCCCC3)c2)ccc1-c1ccnc(C)c1. The maximum Gasteiger partial charge on any atom is 0.231 e. The molecule has 0 saturated carbocycles. The van der Waals surface area contributed by atoms with E-state index in [-0.39, 0.29) is 11.8 Å². The first-order valence-electron chi connectivity index (χ1n) is 11.3. The van der Waals surface area contributed by atoms with Gasteiger partial charge in [-0.3, -0.25) is 9.78 Å². The average Bonchev–Trinajstić information content (AvgIpc) is 2.84. The highest BCUT2D eigenvalue weighted by atomic mass is 16.5. The molecule has 5 heteroatoms. The van der Waals surface area contributed by atoms with E-state index in [4.69, 9.17) is 4.74 Å². The van der Waals surface area contributed by atoms with Crippen LogP contribution in [0.5, 0.6) is 5.75 Å². The molecular weight excluding hydrogens is 398 g/mol. The zero-order valence-corrected chi connectivity index (χ0v) is 19.1. The number of rotatable bonds is 6. The first-order valence-corrected chi connectivity index (χ1v) is 11.3. The van der Waals surface area contributed by atoms with E-state index in [0.717, 1.165) is 41.2 Å². The van der Waals surface area contributed by atoms with Crippen molar-refractivity contribution in [3.05, 3.63) is 72.1 Å². The molecule has 0 spiro atoms. The number of nitrogens with zero attached hydrogens (tertiary/aromatic N) is 2. The molecule has 1 aliphatic heterocycles. The van der Waals surface area contributed by atoms with Crippen molar-refractivity contribution in [1.82, 2.24) is 4.98 Å². The number of piperidine rings is 1. The van der Waals surface area contributed by atoms with Gasteiger partial charge in [-0.05, 0) is 80.6 Å². The molecule has 2 heterocycles. The molecule has 1 N–H and O–H groups in total. The summed E-state index contributed by atoms with van der Waals surface area (Å²) in [5, 5.41) is 3.06. The number of hydrogen-bond acceptors (Lipinski definition) is 4. The van der Waals surface area contributed by atoms with Crippen molar-refractivity contribution < 1.29 is 9.53 Å². The number of aromatic nitrogens is 1. The normalized spacial score (nSPS) is 14.7. The predicted octanol–water partition coefficient (Wildman–Crippen LogP) is 5.80. The van der Waals surface area contributed by atoms with E-state index in [1.807, 2.05) is 50.2 Å². The second kappa shape index (κ2) is 9.86. The summed E-state index contributed by atoms with van der Waals surface area (Å²) in [6.07, 6.45) is 5.56. The number of amides is 1. The highest BCUT2D eigenvalue weighted by molar-refractivity contribution is 5.96. The van der Waals surface area contributed by atoms with Crippen LogP contribution in [0.25, 0.3) is 11.1 Å². The van der Waals surface area contributed by atoms with Gasteiger partial charge in [0.25, 0.3) is 0 Å². The highest BCUT2D eigenvalue weighted by Gasteiger charge is 2.18. The van der Waals surface area contributed by atoms with E-state index in [1.54, 1.807) is 13.3 Å². The molecule has 166 valence electrons. The lowest BCUT2D eigenvalue weighted by atomic mass is 9.98. The Morgan fingerprint density at radius 3 is 2.62 bits per heavy atom. The minimum Gasteiger partial charge on any atom is -0.496 e. The Hall–Kier alpha value is -3.34. The Kier molecular flexibility index (Phi) is 6.74. The molecular formula is C27H31N3O2. The number of benzene rings is 2. The van der Waals surface area contributed by atoms with Gasteiger partial charge >= 0.3 is 0 Å². The molecule has 3 aromatic rings. The monoisotopic (exact) mass is 429 g/mol. The lowest BCUT2D eigenvalue weighted by Gasteiger charge is -2.29. The summed E-state index contributed by atoms with van der Waals surface area (Å²) in [5.41, 5.74) is 5.92. The lowest BCUT2D eigenvalue weighted by Crippen LogP contribution is -2.29. The maximum atomic E-state index is 13.0. The standard InChI is InChI=1S/C27H31N3O2/c1-19-16-22(12-13-28-19)25-11-10-23(18-26(25)32-3)29-27(31)20(2)21-8-7-9-24(17-21)30-14-5-4-6-15-30/h7-13,16-18,20H,4-6,14-15H2,1-3H3,(H,29,31). The fourth-order valence-corrected chi connectivity index (χ4v) is 4.27. The number of nitrogens with one attached hydrogen (secondary N) is 1. The van der Waals surface area contributed by atoms with Crippen LogP contribution in [0.4, 0.5) is 11.4 Å². The quantitative estimate of drug-likeness (QED) is 0.538. The van der Waals surface area contributed by atoms with E-state index in [2.05, 4.69) is 33.4 Å². The minimum atomic E-state index is -0.256. The predicted molar refractivity (Wildman–Crippen MR) is 131 cm³/mol. The van der Waals surface area contributed by atoms with Crippen molar-refractivity contribution in [1.29, 1.82) is 0 Å². The van der Waals surface area contributed by atoms with Crippen molar-refractivity contribution in [3.63, 3.8) is 0 Å². The summed E-state index contributed by atoms with van der Waals surface area (Å²) in [6.45, 7) is 6.10. The Labute approximate surface area is 190 Å². The number of ether oxygens (including phenoxy) is 1. The van der Waals surface area contributed by atoms with E-state index in [1.165, 1.54) is 24.9 Å². The molecule has 2 aromatic carbocycles. The molecule has 1 saturated heterocycles. The first-order chi connectivity index (χ1) is 15.5. The Morgan fingerprint density at radius 2 is 1.88 bits per heavy atom. The second-order valence-electron chi connectivity index (χ2n) is 8.45. The molecule has 0 bridgehead atoms. The van der Waals surface area contributed by atoms with Crippen LogP contribution in [-0.2, 0) is 4.79 Å². The first kappa shape index (κ1) is 21.9. The molecule has 1 atom stereocenters. The minimum absolute atomic E-state index is 0.0321. The fourth-order valence-electron chi connectivity index (χ4n) is 4.27. The van der Waals surface area contributed by atoms with Gasteiger partial charge < -0.3 is 15.0 Å². The van der Waals surface area contributed by atoms with Crippen molar-refractivity contribution in [3.8, 4) is 16.9 Å². The molecule has 1 aliphatic rings. The highest BCUT2D eigenvalue weighted by Crippen LogP contribution is 2.33. The van der Waals surface area contributed by atoms with Gasteiger partial charge in [-0.1, -0.05) is 12.1 Å². The zero-order valence-electron chi connectivity index (χ0n) is 19.1. The summed E-state index contributed by atoms with van der Waals surface area (Å²) in [4.78, 5) is 19.7. The van der Waals surface area contributed by atoms with Crippen LogP contribution in [0.15, 0.2) is 60.8 Å². The number of methoxy groups -OCH3 is 1. The van der Waals surface area contributed by atoms with E-state index >= 15 is 0 Å². The number of carbonyl (C=O) groups is 1. The Bertz CT molecular complexity index is 1090. The molecule has 32 heavy (non-hydrogen) atoms. The summed E-state index contributed by atoms with van der Waals surface area (Å²) in [5.74, 6) is 0.428. The molecule has 1 aromatic heterocycles. The number of carbonyl (C=O) groups excluding carboxylic acids is 1. The largest absolute Gasteiger partial charge is 0.496 e. The van der Waals surface area contributed by atoms with Crippen LogP contribution in [0, 0.1) is 6.92 Å². The molecule has 1 unspecified atom stereocenters. The van der Waals surface area contributed by atoms with Gasteiger partial charge in [0.15, 0.2) is 0 Å². The third kappa shape index (κ3) is 4.93. The van der Waals surface area contributed by atoms with Gasteiger partial charge in [0.05, 0.1) is 13.0 Å². The number of hydrogen-bond donors (Lipinski definition) is 1. The van der Waals surface area contributed by atoms with Crippen LogP contribution >= 0.6 is 0 Å². The molecule has 1 fully saturated rings. The molecule has 0 radical (unpaired) electrons. The lowest BCUT2D eigenvalue weighted by molar-refractivity contribution is -0.117. The second-order valence-corrected chi connectivity index (χ2v) is 8.45. The maximum absolute atomic E-state index is 13.0. The van der Waals surface area contributed by atoms with E-state index in [0.29, 0.717) is 5.75 Å². The Morgan fingerprint density at radius 1 is 1.06 bits per heavy atom. The Balaban J connectivity index is 1.50. The van der Waals surface area contributed by atoms with Gasteiger partial charge in [-0.15, -0.1) is 0 Å². The van der Waals surface area contributed by atoms with Crippen LogP contribution < -0.4 is 15.0 Å². The smallest absolute Gasteiger partial charge is 0.231 e. The summed E-state index contributed by atoms with van der Waals surface area (Å²) >= 11 is 0. The van der Waals surface area contributed by atoms with Crippen LogP contribution in [-0.4, -0.2) is 31.1 Å². The van der Waals surface area contributed by atoms with Crippen molar-refractivity contribution in [2.75, 3.05) is 30.4 Å². The van der Waals surface area contributed by atoms with Crippen molar-refractivity contribution >= 4 is 17.3 Å². The third-order valence-corrected chi connectivity index (χ3v) is 6.16. The van der Waals surface area contributed by atoms with Gasteiger partial charge in [-0.25, -0.2) is 0 Å². The van der Waals surface area contributed by atoms with Crippen LogP contribution in [0.1, 0.15) is 43.4 Å². The summed E-state index contributed by atoms with van der Waals surface area (Å²) in [6, 6.07) is 18.1. The van der Waals surface area contributed by atoms with E-state index in [9.17, 15) is 4.79 Å². The van der Waals surface area contributed by atoms with Crippen LogP contribution in [0.2, 0.25) is 0 Å². The molecule has 1 amide bonds. The van der Waals surface area contributed by atoms with Gasteiger partial charge in [0, 0.05) is 48.0 Å². The third-order valence-electron chi connectivity index (χ3n) is 6.16. The molecule has 5 nitrogen and oxygen atoms in total.